The number of rotatable bonds is 1. The van der Waals surface area contributed by atoms with E-state index in [0.29, 0.717) is 5.75 Å². The Balaban J connectivity index is 2.79. The van der Waals surface area contributed by atoms with Gasteiger partial charge in [-0.05, 0) is 30.0 Å². The molecule has 3 N–H and O–H groups in total. The summed E-state index contributed by atoms with van der Waals surface area (Å²) in [5.74, 6) is 0.325. The van der Waals surface area contributed by atoms with Crippen molar-refractivity contribution < 1.29 is 5.11 Å². The number of fused-ring (bicyclic) bond motifs is 1. The van der Waals surface area contributed by atoms with E-state index in [1.807, 2.05) is 24.4 Å². The van der Waals surface area contributed by atoms with Crippen LogP contribution in [0.2, 0.25) is 0 Å². The molecular formula is C10H11NOS. The molecule has 0 radical (unpaired) electrons. The van der Waals surface area contributed by atoms with E-state index in [-0.39, 0.29) is 6.04 Å². The van der Waals surface area contributed by atoms with Crippen molar-refractivity contribution in [1.29, 1.82) is 0 Å². The summed E-state index contributed by atoms with van der Waals surface area (Å²) >= 11 is 1.62. The predicted octanol–water partition coefficient (Wildman–Crippen LogP) is 2.63. The van der Waals surface area contributed by atoms with Crippen molar-refractivity contribution in [2.45, 2.75) is 13.0 Å². The van der Waals surface area contributed by atoms with Gasteiger partial charge in [0.05, 0.1) is 0 Å². The Hall–Kier alpha value is -1.06. The standard InChI is InChI=1S/C10H11NOS/c1-6(11)7-5-13-9-4-2-3-8(12)10(7)9/h2-6,12H,11H2,1H3. The number of hydrogen-bond donors (Lipinski definition) is 2. The molecule has 13 heavy (non-hydrogen) atoms. The molecule has 0 aliphatic heterocycles. The first-order chi connectivity index (χ1) is 6.20. The molecule has 0 aliphatic rings. The molecule has 0 bridgehead atoms. The maximum Gasteiger partial charge on any atom is 0.124 e. The van der Waals surface area contributed by atoms with E-state index in [1.165, 1.54) is 0 Å². The monoisotopic (exact) mass is 193 g/mol. The van der Waals surface area contributed by atoms with Crippen LogP contribution in [0.4, 0.5) is 0 Å². The fraction of sp³-hybridized carbons (Fsp3) is 0.200. The van der Waals surface area contributed by atoms with Gasteiger partial charge in [0.25, 0.3) is 0 Å². The van der Waals surface area contributed by atoms with Crippen molar-refractivity contribution in [1.82, 2.24) is 0 Å². The molecule has 1 heterocycles. The normalized spacial score (nSPS) is 13.4. The number of phenols is 1. The van der Waals surface area contributed by atoms with Crippen LogP contribution in [0, 0.1) is 0 Å². The maximum absolute atomic E-state index is 9.64. The van der Waals surface area contributed by atoms with Crippen LogP contribution in [0.15, 0.2) is 23.6 Å². The summed E-state index contributed by atoms with van der Waals surface area (Å²) in [5.41, 5.74) is 6.81. The van der Waals surface area contributed by atoms with Gasteiger partial charge in [-0.1, -0.05) is 6.07 Å². The van der Waals surface area contributed by atoms with E-state index in [1.54, 1.807) is 17.4 Å². The molecule has 1 aromatic heterocycles. The Labute approximate surface area is 80.6 Å². The summed E-state index contributed by atoms with van der Waals surface area (Å²) in [6.45, 7) is 1.92. The number of aromatic hydroxyl groups is 1. The quantitative estimate of drug-likeness (QED) is 0.731. The lowest BCUT2D eigenvalue weighted by Crippen LogP contribution is -2.03. The molecule has 1 atom stereocenters. The van der Waals surface area contributed by atoms with Gasteiger partial charge in [0.1, 0.15) is 5.75 Å². The summed E-state index contributed by atoms with van der Waals surface area (Å²) in [7, 11) is 0. The second-order valence-electron chi connectivity index (χ2n) is 3.13. The molecule has 1 unspecified atom stereocenters. The van der Waals surface area contributed by atoms with E-state index in [2.05, 4.69) is 0 Å². The molecule has 3 heteroatoms. The van der Waals surface area contributed by atoms with Crippen LogP contribution in [-0.2, 0) is 0 Å². The van der Waals surface area contributed by atoms with E-state index in [9.17, 15) is 5.11 Å². The zero-order valence-corrected chi connectivity index (χ0v) is 8.14. The van der Waals surface area contributed by atoms with Crippen molar-refractivity contribution in [3.63, 3.8) is 0 Å². The summed E-state index contributed by atoms with van der Waals surface area (Å²) in [6.07, 6.45) is 0. The summed E-state index contributed by atoms with van der Waals surface area (Å²) in [5, 5.41) is 12.6. The summed E-state index contributed by atoms with van der Waals surface area (Å²) in [4.78, 5) is 0. The van der Waals surface area contributed by atoms with Gasteiger partial charge in [-0.25, -0.2) is 0 Å². The highest BCUT2D eigenvalue weighted by Crippen LogP contribution is 2.35. The van der Waals surface area contributed by atoms with Gasteiger partial charge >= 0.3 is 0 Å². The number of hydrogen-bond acceptors (Lipinski definition) is 3. The summed E-state index contributed by atoms with van der Waals surface area (Å²) < 4.78 is 1.09. The molecule has 0 spiro atoms. The Morgan fingerprint density at radius 2 is 2.23 bits per heavy atom. The van der Waals surface area contributed by atoms with Crippen LogP contribution < -0.4 is 5.73 Å². The van der Waals surface area contributed by atoms with Crippen molar-refractivity contribution in [3.05, 3.63) is 29.1 Å². The molecule has 2 nitrogen and oxygen atoms in total. The van der Waals surface area contributed by atoms with Crippen molar-refractivity contribution in [2.75, 3.05) is 0 Å². The molecule has 0 fully saturated rings. The number of nitrogens with two attached hydrogens (primary N) is 1. The first kappa shape index (κ1) is 8.53. The lowest BCUT2D eigenvalue weighted by atomic mass is 10.1. The number of thiophene rings is 1. The smallest absolute Gasteiger partial charge is 0.124 e. The third-order valence-corrected chi connectivity index (χ3v) is 3.06. The molecule has 1 aromatic carbocycles. The molecule has 0 saturated heterocycles. The average Bonchev–Trinajstić information content (AvgIpc) is 2.49. The van der Waals surface area contributed by atoms with Gasteiger partial charge in [-0.2, -0.15) is 0 Å². The lowest BCUT2D eigenvalue weighted by molar-refractivity contribution is 0.481. The largest absolute Gasteiger partial charge is 0.507 e. The zero-order chi connectivity index (χ0) is 9.42. The molecule has 68 valence electrons. The van der Waals surface area contributed by atoms with E-state index < -0.39 is 0 Å². The maximum atomic E-state index is 9.64. The molecular weight excluding hydrogens is 182 g/mol. The zero-order valence-electron chi connectivity index (χ0n) is 7.32. The number of benzene rings is 1. The summed E-state index contributed by atoms with van der Waals surface area (Å²) in [6, 6.07) is 5.51. The molecule has 0 aliphatic carbocycles. The lowest BCUT2D eigenvalue weighted by Gasteiger charge is -2.03. The molecule has 2 aromatic rings. The highest BCUT2D eigenvalue weighted by Gasteiger charge is 2.10. The Kier molecular flexibility index (Phi) is 1.98. The fourth-order valence-corrected chi connectivity index (χ4v) is 2.51. The minimum Gasteiger partial charge on any atom is -0.507 e. The van der Waals surface area contributed by atoms with Crippen LogP contribution in [0.25, 0.3) is 10.1 Å². The van der Waals surface area contributed by atoms with Crippen molar-refractivity contribution in [2.24, 2.45) is 5.73 Å². The van der Waals surface area contributed by atoms with Crippen molar-refractivity contribution >= 4 is 21.4 Å². The minimum atomic E-state index is -0.0259. The van der Waals surface area contributed by atoms with Crippen LogP contribution in [0.3, 0.4) is 0 Å². The Morgan fingerprint density at radius 3 is 2.92 bits per heavy atom. The van der Waals surface area contributed by atoms with Crippen LogP contribution in [0.1, 0.15) is 18.5 Å². The first-order valence-electron chi connectivity index (χ1n) is 4.15. The fourth-order valence-electron chi connectivity index (χ4n) is 1.43. The van der Waals surface area contributed by atoms with Gasteiger partial charge in [0, 0.05) is 16.1 Å². The van der Waals surface area contributed by atoms with Gasteiger partial charge in [0.2, 0.25) is 0 Å². The third kappa shape index (κ3) is 1.30. The van der Waals surface area contributed by atoms with Crippen LogP contribution >= 0.6 is 11.3 Å². The van der Waals surface area contributed by atoms with E-state index in [4.69, 9.17) is 5.73 Å². The second kappa shape index (κ2) is 3.01. The molecule has 2 rings (SSSR count). The van der Waals surface area contributed by atoms with Gasteiger partial charge in [-0.3, -0.25) is 0 Å². The first-order valence-corrected chi connectivity index (χ1v) is 5.03. The SMILES string of the molecule is CC(N)c1csc2cccc(O)c12. The highest BCUT2D eigenvalue weighted by atomic mass is 32.1. The number of phenolic OH excluding ortho intramolecular Hbond substituents is 1. The van der Waals surface area contributed by atoms with Gasteiger partial charge < -0.3 is 10.8 Å². The van der Waals surface area contributed by atoms with E-state index >= 15 is 0 Å². The highest BCUT2D eigenvalue weighted by molar-refractivity contribution is 7.17. The minimum absolute atomic E-state index is 0.0259. The molecule has 0 amide bonds. The molecule has 0 saturated carbocycles. The van der Waals surface area contributed by atoms with Crippen LogP contribution in [0.5, 0.6) is 5.75 Å². The predicted molar refractivity (Wildman–Crippen MR) is 56.1 cm³/mol. The Morgan fingerprint density at radius 1 is 1.46 bits per heavy atom. The third-order valence-electron chi connectivity index (χ3n) is 2.10. The van der Waals surface area contributed by atoms with Crippen molar-refractivity contribution in [3.8, 4) is 5.75 Å². The van der Waals surface area contributed by atoms with Gasteiger partial charge in [0.15, 0.2) is 0 Å². The van der Waals surface area contributed by atoms with Gasteiger partial charge in [-0.15, -0.1) is 11.3 Å². The van der Waals surface area contributed by atoms with E-state index in [0.717, 1.165) is 15.6 Å². The van der Waals surface area contributed by atoms with Crippen LogP contribution in [-0.4, -0.2) is 5.11 Å². The topological polar surface area (TPSA) is 46.2 Å². The Bertz CT molecular complexity index is 433. The second-order valence-corrected chi connectivity index (χ2v) is 4.04. The average molecular weight is 193 g/mol.